The molecule has 0 N–H and O–H groups in total. The van der Waals surface area contributed by atoms with E-state index in [0.717, 1.165) is 0 Å². The summed E-state index contributed by atoms with van der Waals surface area (Å²) in [5.74, 6) is 1.89. The molecule has 0 saturated carbocycles. The lowest BCUT2D eigenvalue weighted by Crippen LogP contribution is -2.18. The third kappa shape index (κ3) is 5.11. The van der Waals surface area contributed by atoms with Crippen molar-refractivity contribution in [2.24, 2.45) is 0 Å². The highest BCUT2D eigenvalue weighted by molar-refractivity contribution is 5.89. The Kier molecular flexibility index (Phi) is 6.46. The lowest BCUT2D eigenvalue weighted by atomic mass is 10.2. The lowest BCUT2D eigenvalue weighted by Gasteiger charge is -2.17. The molecule has 1 atom stereocenters. The van der Waals surface area contributed by atoms with E-state index >= 15 is 0 Å². The summed E-state index contributed by atoms with van der Waals surface area (Å²) in [4.78, 5) is 11.7. The number of esters is 1. The van der Waals surface area contributed by atoms with Gasteiger partial charge < -0.3 is 23.4 Å². The molecule has 0 aliphatic rings. The van der Waals surface area contributed by atoms with E-state index in [1.807, 2.05) is 6.92 Å². The molecule has 1 heterocycles. The zero-order valence-corrected chi connectivity index (χ0v) is 16.7. The first-order chi connectivity index (χ1) is 14.0. The van der Waals surface area contributed by atoms with Crippen molar-refractivity contribution in [2.75, 3.05) is 20.8 Å². The molecule has 3 aromatic rings. The fourth-order valence-corrected chi connectivity index (χ4v) is 2.67. The number of aromatic nitrogens is 2. The molecule has 0 amide bonds. The number of benzene rings is 2. The maximum atomic E-state index is 11.7. The molecule has 29 heavy (non-hydrogen) atoms. The SMILES string of the molecule is COCC(C)Oc1cc(Oc2cccc(C(=O)OC)c2)ccc1-c1nnc(C)o1. The van der Waals surface area contributed by atoms with E-state index < -0.39 is 5.97 Å². The third-order valence-corrected chi connectivity index (χ3v) is 3.93. The first-order valence-electron chi connectivity index (χ1n) is 8.96. The van der Waals surface area contributed by atoms with E-state index in [9.17, 15) is 4.79 Å². The molecule has 2 aromatic carbocycles. The summed E-state index contributed by atoms with van der Waals surface area (Å²) in [5, 5.41) is 7.94. The number of rotatable bonds is 8. The van der Waals surface area contributed by atoms with Crippen molar-refractivity contribution >= 4 is 5.97 Å². The molecule has 0 aliphatic carbocycles. The van der Waals surface area contributed by atoms with E-state index in [2.05, 4.69) is 10.2 Å². The minimum atomic E-state index is -0.435. The maximum Gasteiger partial charge on any atom is 0.337 e. The highest BCUT2D eigenvalue weighted by Crippen LogP contribution is 2.35. The number of aryl methyl sites for hydroxylation is 1. The second kappa shape index (κ2) is 9.20. The second-order valence-corrected chi connectivity index (χ2v) is 6.29. The molecule has 1 aromatic heterocycles. The molecule has 0 fully saturated rings. The van der Waals surface area contributed by atoms with Gasteiger partial charge in [0.1, 0.15) is 23.4 Å². The van der Waals surface area contributed by atoms with Gasteiger partial charge in [-0.25, -0.2) is 4.79 Å². The highest BCUT2D eigenvalue weighted by Gasteiger charge is 2.17. The summed E-state index contributed by atoms with van der Waals surface area (Å²) in [6.45, 7) is 4.02. The van der Waals surface area contributed by atoms with Crippen LogP contribution in [-0.4, -0.2) is 43.1 Å². The van der Waals surface area contributed by atoms with Crippen molar-refractivity contribution in [2.45, 2.75) is 20.0 Å². The molecule has 0 radical (unpaired) electrons. The van der Waals surface area contributed by atoms with Crippen LogP contribution in [-0.2, 0) is 9.47 Å². The smallest absolute Gasteiger partial charge is 0.337 e. The molecule has 1 unspecified atom stereocenters. The number of methoxy groups -OCH3 is 2. The van der Waals surface area contributed by atoms with Crippen LogP contribution < -0.4 is 9.47 Å². The lowest BCUT2D eigenvalue weighted by molar-refractivity contribution is 0.0600. The van der Waals surface area contributed by atoms with Gasteiger partial charge in [-0.3, -0.25) is 0 Å². The van der Waals surface area contributed by atoms with Crippen LogP contribution in [0.3, 0.4) is 0 Å². The predicted octanol–water partition coefficient (Wildman–Crippen LogP) is 4.04. The zero-order valence-electron chi connectivity index (χ0n) is 16.7. The van der Waals surface area contributed by atoms with Gasteiger partial charge in [0.05, 0.1) is 24.8 Å². The van der Waals surface area contributed by atoms with Crippen LogP contribution in [0.5, 0.6) is 17.2 Å². The Morgan fingerprint density at radius 1 is 1.10 bits per heavy atom. The second-order valence-electron chi connectivity index (χ2n) is 6.29. The Morgan fingerprint density at radius 3 is 2.59 bits per heavy atom. The van der Waals surface area contributed by atoms with Crippen molar-refractivity contribution in [3.05, 3.63) is 53.9 Å². The average Bonchev–Trinajstić information content (AvgIpc) is 3.14. The molecule has 0 bridgehead atoms. The standard InChI is InChI=1S/C21H22N2O6/c1-13(12-25-3)27-19-11-17(8-9-18(19)20-23-22-14(2)28-20)29-16-7-5-6-15(10-16)21(24)26-4/h5-11,13H,12H2,1-4H3. The van der Waals surface area contributed by atoms with Gasteiger partial charge in [0.2, 0.25) is 5.89 Å². The maximum absolute atomic E-state index is 11.7. The Balaban J connectivity index is 1.91. The van der Waals surface area contributed by atoms with Crippen LogP contribution in [0.4, 0.5) is 0 Å². The predicted molar refractivity (Wildman–Crippen MR) is 104 cm³/mol. The number of hydrogen-bond acceptors (Lipinski definition) is 8. The molecule has 0 saturated heterocycles. The molecule has 8 nitrogen and oxygen atoms in total. The molecular formula is C21H22N2O6. The summed E-state index contributed by atoms with van der Waals surface area (Å²) in [7, 11) is 2.94. The molecule has 0 spiro atoms. The molecule has 3 rings (SSSR count). The Bertz CT molecular complexity index is 985. The number of carbonyl (C=O) groups excluding carboxylic acids is 1. The van der Waals surface area contributed by atoms with Crippen LogP contribution in [0.1, 0.15) is 23.2 Å². The van der Waals surface area contributed by atoms with Gasteiger partial charge in [0.15, 0.2) is 0 Å². The van der Waals surface area contributed by atoms with E-state index in [0.29, 0.717) is 46.8 Å². The number of ether oxygens (including phenoxy) is 4. The summed E-state index contributed by atoms with van der Waals surface area (Å²) in [6.07, 6.45) is -0.208. The van der Waals surface area contributed by atoms with E-state index in [1.54, 1.807) is 56.5 Å². The normalized spacial score (nSPS) is 11.7. The molecule has 8 heteroatoms. The Morgan fingerprint density at radius 2 is 1.90 bits per heavy atom. The zero-order chi connectivity index (χ0) is 20.8. The van der Waals surface area contributed by atoms with E-state index in [1.165, 1.54) is 7.11 Å². The van der Waals surface area contributed by atoms with Crippen molar-refractivity contribution in [1.82, 2.24) is 10.2 Å². The molecule has 152 valence electrons. The minimum Gasteiger partial charge on any atom is -0.487 e. The van der Waals surface area contributed by atoms with Crippen LogP contribution in [0.15, 0.2) is 46.9 Å². The fourth-order valence-electron chi connectivity index (χ4n) is 2.67. The summed E-state index contributed by atoms with van der Waals surface area (Å²) in [5.41, 5.74) is 1.04. The van der Waals surface area contributed by atoms with Crippen LogP contribution in [0, 0.1) is 6.92 Å². The molecule has 0 aliphatic heterocycles. The third-order valence-electron chi connectivity index (χ3n) is 3.93. The van der Waals surface area contributed by atoms with Crippen molar-refractivity contribution in [3.63, 3.8) is 0 Å². The molecular weight excluding hydrogens is 376 g/mol. The van der Waals surface area contributed by atoms with Crippen molar-refractivity contribution in [3.8, 4) is 28.7 Å². The first-order valence-corrected chi connectivity index (χ1v) is 8.96. The van der Waals surface area contributed by atoms with Crippen LogP contribution in [0.2, 0.25) is 0 Å². The van der Waals surface area contributed by atoms with Gasteiger partial charge in [-0.15, -0.1) is 10.2 Å². The van der Waals surface area contributed by atoms with Gasteiger partial charge in [-0.2, -0.15) is 0 Å². The van der Waals surface area contributed by atoms with Gasteiger partial charge in [0, 0.05) is 20.1 Å². The number of carbonyl (C=O) groups is 1. The van der Waals surface area contributed by atoms with Gasteiger partial charge in [-0.05, 0) is 37.3 Å². The number of hydrogen-bond donors (Lipinski definition) is 0. The van der Waals surface area contributed by atoms with E-state index in [4.69, 9.17) is 23.4 Å². The van der Waals surface area contributed by atoms with E-state index in [-0.39, 0.29) is 6.10 Å². The van der Waals surface area contributed by atoms with Crippen molar-refractivity contribution in [1.29, 1.82) is 0 Å². The quantitative estimate of drug-likeness (QED) is 0.525. The summed E-state index contributed by atoms with van der Waals surface area (Å²) >= 11 is 0. The number of nitrogens with zero attached hydrogens (tertiary/aromatic N) is 2. The highest BCUT2D eigenvalue weighted by atomic mass is 16.5. The van der Waals surface area contributed by atoms with Crippen molar-refractivity contribution < 1.29 is 28.2 Å². The van der Waals surface area contributed by atoms with Gasteiger partial charge >= 0.3 is 5.97 Å². The minimum absolute atomic E-state index is 0.208. The Hall–Kier alpha value is -3.39. The topological polar surface area (TPSA) is 92.9 Å². The fraction of sp³-hybridized carbons (Fsp3) is 0.286. The van der Waals surface area contributed by atoms with Crippen LogP contribution in [0.25, 0.3) is 11.5 Å². The largest absolute Gasteiger partial charge is 0.487 e. The van der Waals surface area contributed by atoms with Gasteiger partial charge in [0.25, 0.3) is 5.89 Å². The Labute approximate surface area is 168 Å². The summed E-state index contributed by atoms with van der Waals surface area (Å²) in [6, 6.07) is 12.0. The monoisotopic (exact) mass is 398 g/mol. The first kappa shape index (κ1) is 20.3. The van der Waals surface area contributed by atoms with Gasteiger partial charge in [-0.1, -0.05) is 6.07 Å². The average molecular weight is 398 g/mol. The van der Waals surface area contributed by atoms with Crippen LogP contribution >= 0.6 is 0 Å². The summed E-state index contributed by atoms with van der Waals surface area (Å²) < 4.78 is 27.3.